The first kappa shape index (κ1) is 13.9. The molecule has 0 unspecified atom stereocenters. The van der Waals surface area contributed by atoms with Gasteiger partial charge in [-0.05, 0) is 35.5 Å². The molecular formula is C15H17N3O2S. The van der Waals surface area contributed by atoms with Crippen LogP contribution in [0, 0.1) is 0 Å². The summed E-state index contributed by atoms with van der Waals surface area (Å²) in [5.74, 6) is -0.165. The van der Waals surface area contributed by atoms with Gasteiger partial charge in [-0.2, -0.15) is 4.37 Å². The van der Waals surface area contributed by atoms with Gasteiger partial charge >= 0.3 is 5.97 Å². The predicted octanol–water partition coefficient (Wildman–Crippen LogP) is 2.12. The highest BCUT2D eigenvalue weighted by atomic mass is 32.1. The van der Waals surface area contributed by atoms with Crippen molar-refractivity contribution < 1.29 is 9.53 Å². The third kappa shape index (κ3) is 2.58. The van der Waals surface area contributed by atoms with Crippen molar-refractivity contribution in [2.24, 2.45) is 0 Å². The second-order valence-electron chi connectivity index (χ2n) is 5.00. The van der Waals surface area contributed by atoms with E-state index in [9.17, 15) is 4.79 Å². The van der Waals surface area contributed by atoms with Crippen molar-refractivity contribution in [1.29, 1.82) is 0 Å². The number of anilines is 2. The molecular weight excluding hydrogens is 286 g/mol. The molecule has 0 aliphatic carbocycles. The number of nitrogens with zero attached hydrogens (tertiary/aromatic N) is 2. The second kappa shape index (κ2) is 5.73. The summed E-state index contributed by atoms with van der Waals surface area (Å²) in [5.41, 5.74) is 8.96. The van der Waals surface area contributed by atoms with Gasteiger partial charge in [0.15, 0.2) is 5.82 Å². The topological polar surface area (TPSA) is 68.5 Å². The molecule has 0 bridgehead atoms. The first-order chi connectivity index (χ1) is 10.2. The predicted molar refractivity (Wildman–Crippen MR) is 83.9 cm³/mol. The molecule has 2 aromatic rings. The molecule has 0 radical (unpaired) electrons. The normalized spacial score (nSPS) is 14.4. The smallest absolute Gasteiger partial charge is 0.344 e. The highest BCUT2D eigenvalue weighted by molar-refractivity contribution is 7.11. The van der Waals surface area contributed by atoms with Gasteiger partial charge in [0, 0.05) is 13.1 Å². The van der Waals surface area contributed by atoms with E-state index in [1.807, 2.05) is 0 Å². The maximum absolute atomic E-state index is 11.9. The fraction of sp³-hybridized carbons (Fsp3) is 0.333. The Kier molecular flexibility index (Phi) is 3.79. The van der Waals surface area contributed by atoms with E-state index < -0.39 is 5.97 Å². The molecule has 5 nitrogen and oxygen atoms in total. The number of esters is 1. The zero-order valence-corrected chi connectivity index (χ0v) is 12.7. The highest BCUT2D eigenvalue weighted by Crippen LogP contribution is 2.32. The van der Waals surface area contributed by atoms with Crippen LogP contribution in [-0.4, -0.2) is 30.5 Å². The molecule has 0 saturated carbocycles. The van der Waals surface area contributed by atoms with E-state index in [1.165, 1.54) is 29.8 Å². The summed E-state index contributed by atoms with van der Waals surface area (Å²) in [6.07, 6.45) is 1.91. The summed E-state index contributed by atoms with van der Waals surface area (Å²) >= 11 is 1.26. The first-order valence-electron chi connectivity index (χ1n) is 6.86. The number of carbonyl (C=O) groups excluding carboxylic acids is 1. The van der Waals surface area contributed by atoms with Gasteiger partial charge in [0.25, 0.3) is 0 Å². The minimum absolute atomic E-state index is 0.253. The summed E-state index contributed by atoms with van der Waals surface area (Å²) in [6.45, 7) is 1.70. The standard InChI is InChI=1S/C15H17N3O2S/c1-20-15(19)12-13(16)17-21-14(12)18-8-6-10-4-2-3-5-11(10)7-9-18/h2-5H,6-9H2,1H3,(H2,16,17). The van der Waals surface area contributed by atoms with Gasteiger partial charge in [-0.25, -0.2) is 4.79 Å². The van der Waals surface area contributed by atoms with Gasteiger partial charge in [-0.3, -0.25) is 0 Å². The van der Waals surface area contributed by atoms with Gasteiger partial charge in [-0.1, -0.05) is 24.3 Å². The van der Waals surface area contributed by atoms with Crippen molar-refractivity contribution in [2.45, 2.75) is 12.8 Å². The maximum atomic E-state index is 11.9. The van der Waals surface area contributed by atoms with Crippen molar-refractivity contribution in [3.05, 3.63) is 41.0 Å². The third-order valence-electron chi connectivity index (χ3n) is 3.80. The van der Waals surface area contributed by atoms with Gasteiger partial charge in [0.2, 0.25) is 0 Å². The van der Waals surface area contributed by atoms with Gasteiger partial charge < -0.3 is 15.4 Å². The molecule has 1 aromatic heterocycles. The van der Waals surface area contributed by atoms with E-state index in [-0.39, 0.29) is 5.82 Å². The van der Waals surface area contributed by atoms with Crippen LogP contribution in [0.3, 0.4) is 0 Å². The van der Waals surface area contributed by atoms with Crippen molar-refractivity contribution >= 4 is 28.3 Å². The third-order valence-corrected chi connectivity index (χ3v) is 4.72. The molecule has 2 heterocycles. The van der Waals surface area contributed by atoms with Crippen LogP contribution in [0.4, 0.5) is 10.8 Å². The van der Waals surface area contributed by atoms with Crippen molar-refractivity contribution in [2.75, 3.05) is 30.8 Å². The number of aromatic nitrogens is 1. The SMILES string of the molecule is COC(=O)c1c(N)nsc1N1CCc2ccccc2CC1. The Labute approximate surface area is 127 Å². The monoisotopic (exact) mass is 303 g/mol. The Balaban J connectivity index is 1.88. The molecule has 1 aliphatic rings. The number of nitrogen functional groups attached to an aromatic ring is 1. The lowest BCUT2D eigenvalue weighted by Crippen LogP contribution is -2.27. The van der Waals surface area contributed by atoms with E-state index in [2.05, 4.69) is 33.5 Å². The number of benzene rings is 1. The Hall–Kier alpha value is -2.08. The Morgan fingerprint density at radius 2 is 1.90 bits per heavy atom. The number of fused-ring (bicyclic) bond motifs is 1. The molecule has 3 rings (SSSR count). The maximum Gasteiger partial charge on any atom is 0.344 e. The lowest BCUT2D eigenvalue weighted by Gasteiger charge is -2.21. The Morgan fingerprint density at radius 3 is 2.48 bits per heavy atom. The molecule has 0 spiro atoms. The van der Waals surface area contributed by atoms with Gasteiger partial charge in [0.05, 0.1) is 7.11 Å². The molecule has 0 atom stereocenters. The minimum atomic E-state index is -0.419. The van der Waals surface area contributed by atoms with E-state index in [0.29, 0.717) is 5.56 Å². The molecule has 6 heteroatoms. The van der Waals surface area contributed by atoms with Crippen LogP contribution >= 0.6 is 11.5 Å². The molecule has 0 fully saturated rings. The van der Waals surface area contributed by atoms with E-state index in [0.717, 1.165) is 30.9 Å². The summed E-state index contributed by atoms with van der Waals surface area (Å²) in [4.78, 5) is 14.1. The average molecular weight is 303 g/mol. The lowest BCUT2D eigenvalue weighted by atomic mass is 10.0. The Bertz CT molecular complexity index is 642. The van der Waals surface area contributed by atoms with E-state index in [1.54, 1.807) is 0 Å². The quantitative estimate of drug-likeness (QED) is 0.861. The summed E-state index contributed by atoms with van der Waals surface area (Å²) < 4.78 is 8.94. The summed E-state index contributed by atoms with van der Waals surface area (Å²) in [7, 11) is 1.36. The Morgan fingerprint density at radius 1 is 1.29 bits per heavy atom. The number of carbonyl (C=O) groups is 1. The minimum Gasteiger partial charge on any atom is -0.465 e. The number of rotatable bonds is 2. The molecule has 21 heavy (non-hydrogen) atoms. The fourth-order valence-corrected chi connectivity index (χ4v) is 3.53. The number of hydrogen-bond donors (Lipinski definition) is 1. The molecule has 110 valence electrons. The van der Waals surface area contributed by atoms with Gasteiger partial charge in [-0.15, -0.1) is 0 Å². The van der Waals surface area contributed by atoms with Crippen LogP contribution in [0.25, 0.3) is 0 Å². The van der Waals surface area contributed by atoms with E-state index in [4.69, 9.17) is 10.5 Å². The molecule has 1 aliphatic heterocycles. The summed E-state index contributed by atoms with van der Waals surface area (Å²) in [6, 6.07) is 8.47. The molecule has 0 saturated heterocycles. The molecule has 0 amide bonds. The van der Waals surface area contributed by atoms with Crippen molar-refractivity contribution in [1.82, 2.24) is 4.37 Å². The molecule has 2 N–H and O–H groups in total. The largest absolute Gasteiger partial charge is 0.465 e. The van der Waals surface area contributed by atoms with Crippen LogP contribution in [-0.2, 0) is 17.6 Å². The fourth-order valence-electron chi connectivity index (χ4n) is 2.67. The zero-order chi connectivity index (χ0) is 14.8. The van der Waals surface area contributed by atoms with Crippen LogP contribution in [0.2, 0.25) is 0 Å². The van der Waals surface area contributed by atoms with Crippen LogP contribution in [0.5, 0.6) is 0 Å². The zero-order valence-electron chi connectivity index (χ0n) is 11.8. The van der Waals surface area contributed by atoms with E-state index >= 15 is 0 Å². The second-order valence-corrected chi connectivity index (χ2v) is 5.75. The number of hydrogen-bond acceptors (Lipinski definition) is 6. The summed E-state index contributed by atoms with van der Waals surface area (Å²) in [5, 5.41) is 0.812. The number of ether oxygens (including phenoxy) is 1. The molecule has 1 aromatic carbocycles. The number of nitrogens with two attached hydrogens (primary N) is 1. The first-order valence-corrected chi connectivity index (χ1v) is 7.63. The van der Waals surface area contributed by atoms with Crippen molar-refractivity contribution in [3.63, 3.8) is 0 Å². The van der Waals surface area contributed by atoms with Crippen LogP contribution < -0.4 is 10.6 Å². The van der Waals surface area contributed by atoms with Crippen molar-refractivity contribution in [3.8, 4) is 0 Å². The van der Waals surface area contributed by atoms with Crippen LogP contribution in [0.1, 0.15) is 21.5 Å². The van der Waals surface area contributed by atoms with Crippen LogP contribution in [0.15, 0.2) is 24.3 Å². The average Bonchev–Trinajstić information content (AvgIpc) is 2.76. The number of methoxy groups -OCH3 is 1. The van der Waals surface area contributed by atoms with Gasteiger partial charge in [0.1, 0.15) is 10.6 Å². The highest BCUT2D eigenvalue weighted by Gasteiger charge is 2.25. The lowest BCUT2D eigenvalue weighted by molar-refractivity contribution is 0.0603.